The molecule has 0 N–H and O–H groups in total. The van der Waals surface area contributed by atoms with Crippen LogP contribution in [-0.4, -0.2) is 56.1 Å². The van der Waals surface area contributed by atoms with E-state index in [4.69, 9.17) is 0 Å². The lowest BCUT2D eigenvalue weighted by atomic mass is 10.3. The van der Waals surface area contributed by atoms with E-state index in [1.165, 1.54) is 16.5 Å². The Labute approximate surface area is 97.2 Å². The molecule has 0 saturated heterocycles. The van der Waals surface area contributed by atoms with Crippen LogP contribution in [0.2, 0.25) is 0 Å². The summed E-state index contributed by atoms with van der Waals surface area (Å²) in [5, 5.41) is 10.4. The number of thioether (sulfide) groups is 1. The number of hydrogen-bond donors (Lipinski definition) is 0. The predicted octanol–water partition coefficient (Wildman–Crippen LogP) is -0.652. The molecule has 0 aliphatic heterocycles. The third kappa shape index (κ3) is 2.78. The van der Waals surface area contributed by atoms with Crippen LogP contribution in [0.5, 0.6) is 0 Å². The molecule has 1 atom stereocenters. The number of hydrogen-bond acceptors (Lipinski definition) is 6. The Balaban J connectivity index is 2.85. The van der Waals surface area contributed by atoms with E-state index in [0.717, 1.165) is 11.8 Å². The summed E-state index contributed by atoms with van der Waals surface area (Å²) in [6.45, 7) is 1.38. The van der Waals surface area contributed by atoms with Gasteiger partial charge in [-0.05, 0) is 17.4 Å². The number of rotatable bonds is 4. The fourth-order valence-electron chi connectivity index (χ4n) is 0.968. The van der Waals surface area contributed by atoms with Crippen molar-refractivity contribution in [3.8, 4) is 0 Å². The first-order valence-electron chi connectivity index (χ1n) is 4.54. The van der Waals surface area contributed by atoms with E-state index in [0.29, 0.717) is 5.16 Å². The molecule has 88 valence electrons. The highest BCUT2D eigenvalue weighted by atomic mass is 32.2. The zero-order valence-electron chi connectivity index (χ0n) is 9.54. The van der Waals surface area contributed by atoms with Crippen molar-refractivity contribution in [3.05, 3.63) is 0 Å². The largest absolute Gasteiger partial charge is 0.347 e. The molecule has 16 heavy (non-hydrogen) atoms. The van der Waals surface area contributed by atoms with E-state index < -0.39 is 5.25 Å². The third-order valence-corrected chi connectivity index (χ3v) is 3.16. The summed E-state index contributed by atoms with van der Waals surface area (Å²) in [6.07, 6.45) is 0. The van der Waals surface area contributed by atoms with E-state index in [2.05, 4.69) is 15.5 Å². The van der Waals surface area contributed by atoms with Crippen LogP contribution < -0.4 is 0 Å². The summed E-state index contributed by atoms with van der Waals surface area (Å²) in [4.78, 5) is 24.5. The molecule has 0 aromatic carbocycles. The van der Waals surface area contributed by atoms with Crippen molar-refractivity contribution in [2.75, 3.05) is 14.1 Å². The van der Waals surface area contributed by atoms with Gasteiger partial charge in [-0.1, -0.05) is 11.8 Å². The zero-order chi connectivity index (χ0) is 12.3. The molecule has 0 fully saturated rings. The van der Waals surface area contributed by atoms with Crippen LogP contribution >= 0.6 is 11.8 Å². The van der Waals surface area contributed by atoms with Crippen LogP contribution in [0, 0.1) is 0 Å². The van der Waals surface area contributed by atoms with Gasteiger partial charge in [0, 0.05) is 21.1 Å². The van der Waals surface area contributed by atoms with Crippen LogP contribution in [0.3, 0.4) is 0 Å². The Morgan fingerprint density at radius 3 is 2.44 bits per heavy atom. The van der Waals surface area contributed by atoms with Gasteiger partial charge in [-0.15, -0.1) is 5.10 Å². The average Bonchev–Trinajstić information content (AvgIpc) is 2.59. The fraction of sp³-hybridized carbons (Fsp3) is 0.625. The number of aryl methyl sites for hydroxylation is 1. The van der Waals surface area contributed by atoms with Gasteiger partial charge in [0.25, 0.3) is 0 Å². The molecule has 0 radical (unpaired) electrons. The number of amides is 1. The van der Waals surface area contributed by atoms with E-state index >= 15 is 0 Å². The molecule has 1 heterocycles. The lowest BCUT2D eigenvalue weighted by Crippen LogP contribution is -2.36. The SMILES string of the molecule is CC(=O)C(Sc1nnnn1C)C(=O)N(C)C. The van der Waals surface area contributed by atoms with Gasteiger partial charge in [0.15, 0.2) is 5.78 Å². The molecule has 0 spiro atoms. The van der Waals surface area contributed by atoms with Gasteiger partial charge in [-0.2, -0.15) is 0 Å². The van der Waals surface area contributed by atoms with Gasteiger partial charge in [-0.25, -0.2) is 4.68 Å². The number of tetrazole rings is 1. The lowest BCUT2D eigenvalue weighted by molar-refractivity contribution is -0.132. The van der Waals surface area contributed by atoms with Crippen molar-refractivity contribution >= 4 is 23.5 Å². The molecule has 1 amide bonds. The summed E-state index contributed by atoms with van der Waals surface area (Å²) in [5.41, 5.74) is 0. The molecule has 1 aromatic rings. The molecule has 8 heteroatoms. The van der Waals surface area contributed by atoms with E-state index in [1.54, 1.807) is 21.1 Å². The van der Waals surface area contributed by atoms with Crippen LogP contribution in [0.25, 0.3) is 0 Å². The monoisotopic (exact) mass is 243 g/mol. The van der Waals surface area contributed by atoms with E-state index in [1.807, 2.05) is 0 Å². The number of carbonyl (C=O) groups excluding carboxylic acids is 2. The van der Waals surface area contributed by atoms with Crippen LogP contribution in [0.15, 0.2) is 5.16 Å². The Morgan fingerprint density at radius 1 is 1.44 bits per heavy atom. The summed E-state index contributed by atoms with van der Waals surface area (Å²) in [5.74, 6) is -0.479. The van der Waals surface area contributed by atoms with Gasteiger partial charge in [0.05, 0.1) is 0 Å². The highest BCUT2D eigenvalue weighted by molar-refractivity contribution is 8.01. The van der Waals surface area contributed by atoms with Crippen molar-refractivity contribution in [1.82, 2.24) is 25.1 Å². The van der Waals surface area contributed by atoms with Crippen molar-refractivity contribution in [3.63, 3.8) is 0 Å². The number of ketones is 1. The molecule has 1 unspecified atom stereocenters. The van der Waals surface area contributed by atoms with E-state index in [9.17, 15) is 9.59 Å². The Morgan fingerprint density at radius 2 is 2.06 bits per heavy atom. The first-order chi connectivity index (χ1) is 7.43. The van der Waals surface area contributed by atoms with Crippen LogP contribution in [-0.2, 0) is 16.6 Å². The topological polar surface area (TPSA) is 81.0 Å². The predicted molar refractivity (Wildman–Crippen MR) is 57.8 cm³/mol. The molecular formula is C8H13N5O2S. The van der Waals surface area contributed by atoms with Gasteiger partial charge in [0.1, 0.15) is 5.25 Å². The standard InChI is InChI=1S/C8H13N5O2S/c1-5(14)6(7(15)12(2)3)16-8-9-10-11-13(8)4/h6H,1-4H3. The average molecular weight is 243 g/mol. The summed E-state index contributed by atoms with van der Waals surface area (Å²) in [7, 11) is 4.86. The normalized spacial score (nSPS) is 12.2. The molecule has 1 rings (SSSR count). The smallest absolute Gasteiger partial charge is 0.243 e. The number of carbonyl (C=O) groups is 2. The molecule has 0 bridgehead atoms. The first-order valence-corrected chi connectivity index (χ1v) is 5.42. The second kappa shape index (κ2) is 5.06. The van der Waals surface area contributed by atoms with Gasteiger partial charge >= 0.3 is 0 Å². The maximum atomic E-state index is 11.7. The molecule has 0 saturated carbocycles. The lowest BCUT2D eigenvalue weighted by Gasteiger charge is -2.16. The quantitative estimate of drug-likeness (QED) is 0.516. The highest BCUT2D eigenvalue weighted by Crippen LogP contribution is 2.21. The van der Waals surface area contributed by atoms with Crippen molar-refractivity contribution in [1.29, 1.82) is 0 Å². The summed E-state index contributed by atoms with van der Waals surface area (Å²) < 4.78 is 1.42. The van der Waals surface area contributed by atoms with Gasteiger partial charge < -0.3 is 4.90 Å². The number of Topliss-reactive ketones (excluding diaryl/α,β-unsaturated/α-hetero) is 1. The van der Waals surface area contributed by atoms with Crippen molar-refractivity contribution in [2.24, 2.45) is 7.05 Å². The second-order valence-corrected chi connectivity index (χ2v) is 4.50. The van der Waals surface area contributed by atoms with Gasteiger partial charge in [-0.3, -0.25) is 9.59 Å². The second-order valence-electron chi connectivity index (χ2n) is 3.43. The van der Waals surface area contributed by atoms with E-state index in [-0.39, 0.29) is 11.7 Å². The summed E-state index contributed by atoms with van der Waals surface area (Å²) >= 11 is 1.05. The van der Waals surface area contributed by atoms with Gasteiger partial charge in [0.2, 0.25) is 11.1 Å². The van der Waals surface area contributed by atoms with Crippen LogP contribution in [0.4, 0.5) is 0 Å². The Hall–Kier alpha value is -1.44. The molecule has 7 nitrogen and oxygen atoms in total. The first kappa shape index (κ1) is 12.6. The Bertz CT molecular complexity index is 403. The fourth-order valence-corrected chi connectivity index (χ4v) is 1.93. The Kier molecular flexibility index (Phi) is 3.99. The molecule has 0 aliphatic carbocycles. The maximum absolute atomic E-state index is 11.7. The summed E-state index contributed by atoms with van der Waals surface area (Å²) in [6, 6.07) is 0. The number of nitrogens with zero attached hydrogens (tertiary/aromatic N) is 5. The van der Waals surface area contributed by atoms with Crippen molar-refractivity contribution in [2.45, 2.75) is 17.3 Å². The number of aromatic nitrogens is 4. The minimum absolute atomic E-state index is 0.216. The minimum atomic E-state index is -0.792. The highest BCUT2D eigenvalue weighted by Gasteiger charge is 2.27. The minimum Gasteiger partial charge on any atom is -0.347 e. The van der Waals surface area contributed by atoms with Crippen LogP contribution in [0.1, 0.15) is 6.92 Å². The third-order valence-electron chi connectivity index (χ3n) is 1.84. The molecular weight excluding hydrogens is 230 g/mol. The maximum Gasteiger partial charge on any atom is 0.243 e. The molecule has 0 aliphatic rings. The molecule has 1 aromatic heterocycles. The van der Waals surface area contributed by atoms with Crippen molar-refractivity contribution < 1.29 is 9.59 Å². The zero-order valence-corrected chi connectivity index (χ0v) is 10.4.